The van der Waals surface area contributed by atoms with E-state index in [1.807, 2.05) is 0 Å². The molecule has 0 saturated carbocycles. The zero-order chi connectivity index (χ0) is 25.3. The van der Waals surface area contributed by atoms with E-state index in [9.17, 15) is 18.3 Å². The number of pyridine rings is 1. The van der Waals surface area contributed by atoms with Gasteiger partial charge in [-0.15, -0.1) is 0 Å². The van der Waals surface area contributed by atoms with Gasteiger partial charge in [-0.1, -0.05) is 33.8 Å². The van der Waals surface area contributed by atoms with Crippen molar-refractivity contribution >= 4 is 0 Å². The molecule has 1 aromatic heterocycles. The molecule has 3 heterocycles. The number of halogens is 3. The van der Waals surface area contributed by atoms with Gasteiger partial charge in [0, 0.05) is 48.6 Å². The first-order valence-corrected chi connectivity index (χ1v) is 12.5. The van der Waals surface area contributed by atoms with Gasteiger partial charge >= 0.3 is 6.18 Å². The minimum absolute atomic E-state index is 0.0758. The van der Waals surface area contributed by atoms with E-state index in [0.29, 0.717) is 38.0 Å². The summed E-state index contributed by atoms with van der Waals surface area (Å²) in [6, 6.07) is 3.89. The van der Waals surface area contributed by atoms with E-state index in [-0.39, 0.29) is 11.3 Å². The molecule has 7 heteroatoms. The second kappa shape index (κ2) is 8.29. The molecule has 1 aromatic carbocycles. The largest absolute Gasteiger partial charge is 0.416 e. The quantitative estimate of drug-likeness (QED) is 0.512. The number of fused-ring (bicyclic) bond motifs is 4. The molecule has 2 aliphatic heterocycles. The van der Waals surface area contributed by atoms with Crippen LogP contribution in [0.2, 0.25) is 0 Å². The summed E-state index contributed by atoms with van der Waals surface area (Å²) in [5.41, 5.74) is 4.53. The molecule has 0 amide bonds. The number of rotatable bonds is 2. The van der Waals surface area contributed by atoms with Crippen LogP contribution in [0.5, 0.6) is 0 Å². The van der Waals surface area contributed by atoms with E-state index in [2.05, 4.69) is 27.7 Å². The van der Waals surface area contributed by atoms with Crippen LogP contribution in [-0.2, 0) is 27.7 Å². The Morgan fingerprint density at radius 3 is 2.40 bits per heavy atom. The van der Waals surface area contributed by atoms with Crippen LogP contribution < -0.4 is 0 Å². The highest BCUT2D eigenvalue weighted by atomic mass is 19.4. The first kappa shape index (κ1) is 24.7. The summed E-state index contributed by atoms with van der Waals surface area (Å²) in [5, 5.41) is 11.4. The van der Waals surface area contributed by atoms with Crippen molar-refractivity contribution in [1.82, 2.24) is 4.98 Å². The van der Waals surface area contributed by atoms with Crippen LogP contribution in [0.25, 0.3) is 0 Å². The second-order valence-electron chi connectivity index (χ2n) is 11.5. The van der Waals surface area contributed by atoms with Crippen molar-refractivity contribution in [3.63, 3.8) is 0 Å². The van der Waals surface area contributed by atoms with E-state index in [0.717, 1.165) is 46.1 Å². The predicted octanol–water partition coefficient (Wildman–Crippen LogP) is 6.66. The van der Waals surface area contributed by atoms with E-state index < -0.39 is 29.5 Å². The van der Waals surface area contributed by atoms with Crippen LogP contribution in [0, 0.1) is 12.3 Å². The Bertz CT molecular complexity index is 1150. The summed E-state index contributed by atoms with van der Waals surface area (Å²) >= 11 is 0. The average molecular weight is 490 g/mol. The van der Waals surface area contributed by atoms with Crippen molar-refractivity contribution in [2.45, 2.75) is 90.2 Å². The Morgan fingerprint density at radius 1 is 1.11 bits per heavy atom. The van der Waals surface area contributed by atoms with E-state index in [1.165, 1.54) is 6.07 Å². The molecule has 1 aliphatic carbocycles. The Hall–Kier alpha value is -1.96. The molecule has 1 spiro atoms. The fourth-order valence-corrected chi connectivity index (χ4v) is 6.30. The summed E-state index contributed by atoms with van der Waals surface area (Å²) in [6.45, 7) is 11.3. The predicted molar refractivity (Wildman–Crippen MR) is 126 cm³/mol. The molecule has 2 aromatic rings. The maximum Gasteiger partial charge on any atom is 0.416 e. The van der Waals surface area contributed by atoms with Crippen LogP contribution in [0.1, 0.15) is 110 Å². The number of benzene rings is 1. The number of aliphatic hydroxyl groups excluding tert-OH is 1. The number of hydrogen-bond donors (Lipinski definition) is 1. The molecule has 5 rings (SSSR count). The molecule has 1 unspecified atom stereocenters. The molecule has 35 heavy (non-hydrogen) atoms. The molecule has 1 N–H and O–H groups in total. The van der Waals surface area contributed by atoms with E-state index in [4.69, 9.17) is 14.5 Å². The molecule has 1 fully saturated rings. The lowest BCUT2D eigenvalue weighted by Gasteiger charge is -2.40. The molecule has 3 aliphatic rings. The fourth-order valence-electron chi connectivity index (χ4n) is 6.30. The van der Waals surface area contributed by atoms with Gasteiger partial charge in [0.1, 0.15) is 6.10 Å². The number of aryl methyl sites for hydroxylation is 1. The van der Waals surface area contributed by atoms with Gasteiger partial charge in [0.2, 0.25) is 0 Å². The van der Waals surface area contributed by atoms with Crippen molar-refractivity contribution in [1.29, 1.82) is 0 Å². The van der Waals surface area contributed by atoms with Gasteiger partial charge in [-0.05, 0) is 59.9 Å². The third-order valence-electron chi connectivity index (χ3n) is 7.89. The van der Waals surface area contributed by atoms with Crippen molar-refractivity contribution < 1.29 is 27.8 Å². The minimum Gasteiger partial charge on any atom is -0.388 e. The number of alkyl halides is 3. The zero-order valence-corrected chi connectivity index (χ0v) is 21.1. The highest BCUT2D eigenvalue weighted by molar-refractivity contribution is 5.55. The lowest BCUT2D eigenvalue weighted by atomic mass is 9.70. The molecule has 4 nitrogen and oxygen atoms in total. The molecule has 0 bridgehead atoms. The topological polar surface area (TPSA) is 51.6 Å². The van der Waals surface area contributed by atoms with Gasteiger partial charge < -0.3 is 14.6 Å². The van der Waals surface area contributed by atoms with Crippen LogP contribution in [0.3, 0.4) is 0 Å². The van der Waals surface area contributed by atoms with E-state index in [1.54, 1.807) is 13.0 Å². The summed E-state index contributed by atoms with van der Waals surface area (Å²) in [6.07, 6.45) is -2.93. The molecular formula is C28H34F3NO3. The number of aromatic nitrogens is 1. The normalized spacial score (nSPS) is 25.1. The smallest absolute Gasteiger partial charge is 0.388 e. The monoisotopic (exact) mass is 489 g/mol. The van der Waals surface area contributed by atoms with Crippen molar-refractivity contribution in [2.75, 3.05) is 13.2 Å². The molecule has 1 saturated heterocycles. The third-order valence-corrected chi connectivity index (χ3v) is 7.89. The fraction of sp³-hybridized carbons (Fsp3) is 0.607. The molecular weight excluding hydrogens is 455 g/mol. The van der Waals surface area contributed by atoms with Gasteiger partial charge in [0.25, 0.3) is 0 Å². The molecule has 0 radical (unpaired) electrons. The van der Waals surface area contributed by atoms with Crippen LogP contribution >= 0.6 is 0 Å². The maximum atomic E-state index is 13.4. The Morgan fingerprint density at radius 2 is 1.80 bits per heavy atom. The zero-order valence-electron chi connectivity index (χ0n) is 21.1. The summed E-state index contributed by atoms with van der Waals surface area (Å²) < 4.78 is 52.7. The maximum absolute atomic E-state index is 13.4. The van der Waals surface area contributed by atoms with Gasteiger partial charge in [0.15, 0.2) is 0 Å². The third kappa shape index (κ3) is 4.09. The van der Waals surface area contributed by atoms with Gasteiger partial charge in [-0.25, -0.2) is 0 Å². The second-order valence-corrected chi connectivity index (χ2v) is 11.5. The van der Waals surface area contributed by atoms with Gasteiger partial charge in [0.05, 0.1) is 17.3 Å². The van der Waals surface area contributed by atoms with Crippen molar-refractivity contribution in [3.05, 3.63) is 63.0 Å². The first-order valence-electron chi connectivity index (χ1n) is 12.5. The standard InChI is InChI=1S/C28H34F3NO3/c1-15(2)24-22-23(21-19(32-24)13-26(4,5)14-20(21)33)27(8-10-34-11-9-27)35-25(22)18-7-6-17(12-16(18)3)28(29,30)31/h6-7,12,15,20,25,33H,8-11,13-14H2,1-5H3/t20?,25-/m1/s1. The summed E-state index contributed by atoms with van der Waals surface area (Å²) in [5.74, 6) is 0.0899. The highest BCUT2D eigenvalue weighted by Crippen LogP contribution is 2.58. The van der Waals surface area contributed by atoms with Crippen molar-refractivity contribution in [3.8, 4) is 0 Å². The summed E-state index contributed by atoms with van der Waals surface area (Å²) in [4.78, 5) is 5.12. The first-order chi connectivity index (χ1) is 16.3. The lowest BCUT2D eigenvalue weighted by molar-refractivity contribution is -0.137. The Labute approximate surface area is 204 Å². The van der Waals surface area contributed by atoms with Crippen LogP contribution in [0.4, 0.5) is 13.2 Å². The Balaban J connectivity index is 1.77. The lowest BCUT2D eigenvalue weighted by Crippen LogP contribution is -2.37. The van der Waals surface area contributed by atoms with Gasteiger partial charge in [-0.3, -0.25) is 4.98 Å². The highest BCUT2D eigenvalue weighted by Gasteiger charge is 2.52. The number of hydrogen-bond acceptors (Lipinski definition) is 4. The average Bonchev–Trinajstić information content (AvgIpc) is 3.05. The molecule has 2 atom stereocenters. The number of aliphatic hydroxyl groups is 1. The van der Waals surface area contributed by atoms with Crippen LogP contribution in [-0.4, -0.2) is 23.3 Å². The Kier molecular flexibility index (Phi) is 5.85. The van der Waals surface area contributed by atoms with Gasteiger partial charge in [-0.2, -0.15) is 13.2 Å². The van der Waals surface area contributed by atoms with Crippen molar-refractivity contribution in [2.24, 2.45) is 5.41 Å². The number of ether oxygens (including phenoxy) is 2. The summed E-state index contributed by atoms with van der Waals surface area (Å²) in [7, 11) is 0. The van der Waals surface area contributed by atoms with Crippen LogP contribution in [0.15, 0.2) is 18.2 Å². The SMILES string of the molecule is Cc1cc(C(F)(F)F)ccc1[C@H]1OC2(CCOCC2)c2c3c(nc(C(C)C)c21)CC(C)(C)CC3O. The number of nitrogens with zero attached hydrogens (tertiary/aromatic N) is 1. The van der Waals surface area contributed by atoms with E-state index >= 15 is 0 Å². The molecule has 190 valence electrons. The minimum atomic E-state index is -4.40.